The summed E-state index contributed by atoms with van der Waals surface area (Å²) in [5, 5.41) is 6.10. The molecule has 1 aromatic carbocycles. The average Bonchev–Trinajstić information content (AvgIpc) is 2.77. The topological polar surface area (TPSA) is 79.9 Å². The van der Waals surface area contributed by atoms with E-state index < -0.39 is 5.82 Å². The van der Waals surface area contributed by atoms with Crippen molar-refractivity contribution < 1.29 is 23.5 Å². The van der Waals surface area contributed by atoms with Gasteiger partial charge in [-0.1, -0.05) is 23.2 Å². The van der Waals surface area contributed by atoms with E-state index in [1.54, 1.807) is 24.1 Å². The minimum Gasteiger partial charge on any atom is -0.490 e. The lowest BCUT2D eigenvalue weighted by Crippen LogP contribution is -2.39. The average molecular weight is 472 g/mol. The summed E-state index contributed by atoms with van der Waals surface area (Å²) in [5.41, 5.74) is 0.0421. The number of anilines is 1. The van der Waals surface area contributed by atoms with Gasteiger partial charge >= 0.3 is 0 Å². The number of hydrogen-bond acceptors (Lipinski definition) is 6. The van der Waals surface area contributed by atoms with Crippen LogP contribution in [0, 0.1) is 11.7 Å². The van der Waals surface area contributed by atoms with Crippen molar-refractivity contribution in [3.63, 3.8) is 0 Å². The number of allylic oxidation sites excluding steroid dienone is 1. The van der Waals surface area contributed by atoms with E-state index in [1.165, 1.54) is 6.07 Å². The van der Waals surface area contributed by atoms with Gasteiger partial charge in [0.2, 0.25) is 0 Å². The van der Waals surface area contributed by atoms with Crippen molar-refractivity contribution in [3.8, 4) is 5.75 Å². The molecule has 1 atom stereocenters. The van der Waals surface area contributed by atoms with Crippen LogP contribution in [-0.4, -0.2) is 55.9 Å². The van der Waals surface area contributed by atoms with Crippen LogP contribution in [0.1, 0.15) is 23.2 Å². The zero-order valence-corrected chi connectivity index (χ0v) is 18.5. The van der Waals surface area contributed by atoms with E-state index in [0.29, 0.717) is 42.6 Å². The molecule has 3 rings (SSSR count). The maximum Gasteiger partial charge on any atom is 0.256 e. The summed E-state index contributed by atoms with van der Waals surface area (Å²) < 4.78 is 25.6. The van der Waals surface area contributed by atoms with Gasteiger partial charge in [0.05, 0.1) is 17.9 Å². The summed E-state index contributed by atoms with van der Waals surface area (Å²) in [4.78, 5) is 25.0. The van der Waals surface area contributed by atoms with E-state index in [-0.39, 0.29) is 35.2 Å². The summed E-state index contributed by atoms with van der Waals surface area (Å²) in [6, 6.07) is 2.53. The molecule has 0 aromatic heterocycles. The highest BCUT2D eigenvalue weighted by Gasteiger charge is 2.27. The molecule has 7 nitrogen and oxygen atoms in total. The molecule has 31 heavy (non-hydrogen) atoms. The van der Waals surface area contributed by atoms with Crippen molar-refractivity contribution in [3.05, 3.63) is 46.6 Å². The third-order valence-corrected chi connectivity index (χ3v) is 5.70. The lowest BCUT2D eigenvalue weighted by atomic mass is 9.97. The second-order valence-corrected chi connectivity index (χ2v) is 8.03. The molecule has 168 valence electrons. The van der Waals surface area contributed by atoms with Crippen LogP contribution in [-0.2, 0) is 9.53 Å². The minimum absolute atomic E-state index is 0.0384. The quantitative estimate of drug-likeness (QED) is 0.343. The zero-order chi connectivity index (χ0) is 22.4. The molecular formula is C21H24Cl2FN3O4. The number of piperidine rings is 1. The van der Waals surface area contributed by atoms with Gasteiger partial charge in [-0.2, -0.15) is 0 Å². The van der Waals surface area contributed by atoms with Crippen molar-refractivity contribution in [1.82, 2.24) is 10.2 Å². The molecule has 2 N–H and O–H groups in total. The van der Waals surface area contributed by atoms with E-state index in [4.69, 9.17) is 32.7 Å². The van der Waals surface area contributed by atoms with Crippen molar-refractivity contribution in [2.24, 2.45) is 5.92 Å². The number of ether oxygens (including phenoxy) is 2. The van der Waals surface area contributed by atoms with Gasteiger partial charge in [-0.25, -0.2) is 4.39 Å². The SMILES string of the molecule is CNc1cc(C(=O)N2CCC(COC3=C(Cl)NC(Cl)C=C3)CC2)c(F)cc1OCC=O. The molecule has 2 aliphatic rings. The Morgan fingerprint density at radius 2 is 2.10 bits per heavy atom. The van der Waals surface area contributed by atoms with Gasteiger partial charge in [0.1, 0.15) is 28.8 Å². The first-order valence-corrected chi connectivity index (χ1v) is 10.7. The first kappa shape index (κ1) is 23.2. The molecule has 1 fully saturated rings. The molecule has 0 spiro atoms. The van der Waals surface area contributed by atoms with Gasteiger partial charge in [0, 0.05) is 26.2 Å². The lowest BCUT2D eigenvalue weighted by Gasteiger charge is -2.32. The number of nitrogens with one attached hydrogen (secondary N) is 2. The number of rotatable bonds is 8. The number of halogens is 3. The largest absolute Gasteiger partial charge is 0.490 e. The fourth-order valence-electron chi connectivity index (χ4n) is 3.44. The molecular weight excluding hydrogens is 448 g/mol. The Labute approximate surface area is 190 Å². The molecule has 0 radical (unpaired) electrons. The highest BCUT2D eigenvalue weighted by atomic mass is 35.5. The number of aldehydes is 1. The summed E-state index contributed by atoms with van der Waals surface area (Å²) >= 11 is 12.0. The Hall–Kier alpha value is -2.45. The Morgan fingerprint density at radius 3 is 2.74 bits per heavy atom. The molecule has 10 heteroatoms. The number of carbonyl (C=O) groups is 2. The van der Waals surface area contributed by atoms with Crippen LogP contribution in [0.25, 0.3) is 0 Å². The smallest absolute Gasteiger partial charge is 0.256 e. The molecule has 0 aliphatic carbocycles. The normalized spacial score (nSPS) is 19.1. The van der Waals surface area contributed by atoms with Gasteiger partial charge < -0.3 is 25.0 Å². The molecule has 2 aliphatic heterocycles. The highest BCUT2D eigenvalue weighted by Crippen LogP contribution is 2.30. The lowest BCUT2D eigenvalue weighted by molar-refractivity contribution is -0.109. The fraction of sp³-hybridized carbons (Fsp3) is 0.429. The first-order valence-electron chi connectivity index (χ1n) is 9.91. The Kier molecular flexibility index (Phi) is 8.03. The molecule has 1 unspecified atom stereocenters. The predicted molar refractivity (Wildman–Crippen MR) is 117 cm³/mol. The number of likely N-dealkylation sites (tertiary alicyclic amines) is 1. The van der Waals surface area contributed by atoms with Gasteiger partial charge in [0.15, 0.2) is 12.0 Å². The second-order valence-electron chi connectivity index (χ2n) is 7.19. The molecule has 1 saturated heterocycles. The number of nitrogens with zero attached hydrogens (tertiary/aromatic N) is 1. The summed E-state index contributed by atoms with van der Waals surface area (Å²) in [5.74, 6) is -0.102. The van der Waals surface area contributed by atoms with Crippen LogP contribution < -0.4 is 15.4 Å². The van der Waals surface area contributed by atoms with Gasteiger partial charge in [-0.15, -0.1) is 0 Å². The van der Waals surface area contributed by atoms with Gasteiger partial charge in [-0.3, -0.25) is 9.59 Å². The van der Waals surface area contributed by atoms with Gasteiger partial charge in [-0.05, 0) is 37.0 Å². The van der Waals surface area contributed by atoms with Crippen LogP contribution in [0.5, 0.6) is 5.75 Å². The van der Waals surface area contributed by atoms with Crippen LogP contribution in [0.3, 0.4) is 0 Å². The van der Waals surface area contributed by atoms with Crippen LogP contribution in [0.15, 0.2) is 35.2 Å². The van der Waals surface area contributed by atoms with Crippen molar-refractivity contribution in [1.29, 1.82) is 0 Å². The Morgan fingerprint density at radius 1 is 1.35 bits per heavy atom. The summed E-state index contributed by atoms with van der Waals surface area (Å²) in [7, 11) is 1.63. The predicted octanol–water partition coefficient (Wildman–Crippen LogP) is 3.45. The maximum atomic E-state index is 14.6. The van der Waals surface area contributed by atoms with Crippen LogP contribution in [0.4, 0.5) is 10.1 Å². The fourth-order valence-corrected chi connectivity index (χ4v) is 3.91. The third-order valence-electron chi connectivity index (χ3n) is 5.15. The number of benzene rings is 1. The molecule has 0 bridgehead atoms. The molecule has 2 heterocycles. The highest BCUT2D eigenvalue weighted by molar-refractivity contribution is 6.31. The number of alkyl halides is 1. The third kappa shape index (κ3) is 5.83. The van der Waals surface area contributed by atoms with Crippen molar-refractivity contribution in [2.75, 3.05) is 38.7 Å². The Bertz CT molecular complexity index is 886. The number of amides is 1. The van der Waals surface area contributed by atoms with Crippen molar-refractivity contribution in [2.45, 2.75) is 18.3 Å². The minimum atomic E-state index is -0.689. The van der Waals surface area contributed by atoms with E-state index >= 15 is 0 Å². The van der Waals surface area contributed by atoms with E-state index in [0.717, 1.165) is 18.9 Å². The number of hydrogen-bond donors (Lipinski definition) is 2. The summed E-state index contributed by atoms with van der Waals surface area (Å²) in [6.07, 6.45) is 5.51. The van der Waals surface area contributed by atoms with Crippen LogP contribution in [0.2, 0.25) is 0 Å². The van der Waals surface area contributed by atoms with Crippen LogP contribution >= 0.6 is 23.2 Å². The van der Waals surface area contributed by atoms with E-state index in [9.17, 15) is 14.0 Å². The maximum absolute atomic E-state index is 14.6. The van der Waals surface area contributed by atoms with Gasteiger partial charge in [0.25, 0.3) is 5.91 Å². The zero-order valence-electron chi connectivity index (χ0n) is 17.0. The molecule has 1 amide bonds. The monoisotopic (exact) mass is 471 g/mol. The van der Waals surface area contributed by atoms with E-state index in [1.807, 2.05) is 0 Å². The number of carbonyl (C=O) groups excluding carboxylic acids is 2. The number of dihydropyridines is 1. The Balaban J connectivity index is 1.57. The standard InChI is InChI=1S/C21H24Cl2FN3O4/c1-25-16-10-14(15(24)11-18(16)30-9-8-28)21(29)27-6-4-13(5-7-27)12-31-17-2-3-19(22)26-20(17)23/h2-3,8,10-11,13,19,25-26H,4-7,9,12H2,1H3. The molecule has 1 aromatic rings. The second kappa shape index (κ2) is 10.7. The van der Waals surface area contributed by atoms with E-state index in [2.05, 4.69) is 10.6 Å². The first-order chi connectivity index (χ1) is 14.9. The summed E-state index contributed by atoms with van der Waals surface area (Å²) in [6.45, 7) is 1.26. The van der Waals surface area contributed by atoms with Crippen molar-refractivity contribution >= 4 is 41.1 Å². The molecule has 0 saturated carbocycles.